The minimum atomic E-state index is 0.904. The fraction of sp³-hybridized carbons (Fsp3) is 0.400. The molecule has 0 aliphatic heterocycles. The molecule has 2 rings (SSSR count). The quantitative estimate of drug-likeness (QED) is 0.561. The zero-order valence-electron chi connectivity index (χ0n) is 7.24. The number of anilines is 1. The van der Waals surface area contributed by atoms with E-state index in [2.05, 4.69) is 44.6 Å². The molecule has 0 heterocycles. The lowest BCUT2D eigenvalue weighted by Gasteiger charge is -2.19. The molecule has 0 saturated carbocycles. The number of benzene rings is 1. The van der Waals surface area contributed by atoms with Crippen LogP contribution >= 0.6 is 38.5 Å². The molecule has 0 atom stereocenters. The van der Waals surface area contributed by atoms with E-state index in [1.807, 2.05) is 0 Å². The lowest BCUT2D eigenvalue weighted by molar-refractivity contribution is 0.683. The maximum absolute atomic E-state index is 5.95. The van der Waals surface area contributed by atoms with Crippen molar-refractivity contribution < 1.29 is 0 Å². The number of rotatable bonds is 0. The van der Waals surface area contributed by atoms with Crippen LogP contribution in [0.15, 0.2) is 10.5 Å². The van der Waals surface area contributed by atoms with Gasteiger partial charge >= 0.3 is 0 Å². The Morgan fingerprint density at radius 2 is 2.00 bits per heavy atom. The first-order chi connectivity index (χ1) is 6.20. The van der Waals surface area contributed by atoms with Crippen LogP contribution in [0.3, 0.4) is 0 Å². The first kappa shape index (κ1) is 9.77. The molecular weight excluding hydrogens is 341 g/mol. The highest BCUT2D eigenvalue weighted by molar-refractivity contribution is 14.1. The number of nitrogens with two attached hydrogens (primary N) is 1. The van der Waals surface area contributed by atoms with Crippen molar-refractivity contribution in [2.24, 2.45) is 0 Å². The number of aryl methyl sites for hydroxylation is 1. The van der Waals surface area contributed by atoms with Crippen molar-refractivity contribution in [3.8, 4) is 0 Å². The van der Waals surface area contributed by atoms with Crippen LogP contribution in [0.5, 0.6) is 0 Å². The molecule has 1 nitrogen and oxygen atoms in total. The zero-order chi connectivity index (χ0) is 9.42. The van der Waals surface area contributed by atoms with Gasteiger partial charge in [-0.3, -0.25) is 0 Å². The highest BCUT2D eigenvalue weighted by Crippen LogP contribution is 2.35. The van der Waals surface area contributed by atoms with E-state index in [1.54, 1.807) is 0 Å². The van der Waals surface area contributed by atoms with Crippen molar-refractivity contribution in [1.29, 1.82) is 0 Å². The third-order valence-electron chi connectivity index (χ3n) is 2.57. The van der Waals surface area contributed by atoms with Crippen molar-refractivity contribution in [3.63, 3.8) is 0 Å². The molecule has 0 aromatic heterocycles. The van der Waals surface area contributed by atoms with Gasteiger partial charge in [0.2, 0.25) is 0 Å². The molecule has 0 fully saturated rings. The summed E-state index contributed by atoms with van der Waals surface area (Å²) in [5, 5.41) is 0. The Hall–Kier alpha value is 0.230. The molecule has 0 unspecified atom stereocenters. The van der Waals surface area contributed by atoms with Crippen LogP contribution in [-0.4, -0.2) is 0 Å². The van der Waals surface area contributed by atoms with Crippen LogP contribution in [0.25, 0.3) is 0 Å². The van der Waals surface area contributed by atoms with E-state index >= 15 is 0 Å². The first-order valence-corrected chi connectivity index (χ1v) is 6.32. The van der Waals surface area contributed by atoms with E-state index in [-0.39, 0.29) is 0 Å². The van der Waals surface area contributed by atoms with Gasteiger partial charge in [-0.2, -0.15) is 0 Å². The predicted molar refractivity (Wildman–Crippen MR) is 67.9 cm³/mol. The van der Waals surface area contributed by atoms with Gasteiger partial charge in [0.25, 0.3) is 0 Å². The highest BCUT2D eigenvalue weighted by Gasteiger charge is 2.15. The Bertz CT molecular complexity index is 349. The molecule has 1 aromatic rings. The van der Waals surface area contributed by atoms with Crippen molar-refractivity contribution in [2.75, 3.05) is 5.73 Å². The van der Waals surface area contributed by atoms with Gasteiger partial charge in [0, 0.05) is 8.04 Å². The Labute approximate surface area is 100 Å². The molecule has 0 saturated heterocycles. The third kappa shape index (κ3) is 1.73. The molecule has 1 aliphatic carbocycles. The van der Waals surface area contributed by atoms with Crippen LogP contribution in [0, 0.1) is 3.57 Å². The predicted octanol–water partition coefficient (Wildman–Crippen LogP) is 3.51. The Morgan fingerprint density at radius 3 is 2.77 bits per heavy atom. The molecule has 0 radical (unpaired) electrons. The molecule has 2 N–H and O–H groups in total. The van der Waals surface area contributed by atoms with Crippen molar-refractivity contribution in [2.45, 2.75) is 25.7 Å². The second kappa shape index (κ2) is 3.77. The van der Waals surface area contributed by atoms with Crippen molar-refractivity contribution in [3.05, 3.63) is 25.2 Å². The number of halogens is 2. The van der Waals surface area contributed by atoms with Crippen LogP contribution in [0.2, 0.25) is 0 Å². The lowest BCUT2D eigenvalue weighted by Crippen LogP contribution is -2.06. The summed E-state index contributed by atoms with van der Waals surface area (Å²) in [4.78, 5) is 0. The van der Waals surface area contributed by atoms with E-state index < -0.39 is 0 Å². The van der Waals surface area contributed by atoms with E-state index in [0.717, 1.165) is 10.2 Å². The normalized spacial score (nSPS) is 15.5. The summed E-state index contributed by atoms with van der Waals surface area (Å²) in [5.41, 5.74) is 9.77. The Balaban J connectivity index is 2.60. The molecule has 13 heavy (non-hydrogen) atoms. The van der Waals surface area contributed by atoms with E-state index in [4.69, 9.17) is 5.73 Å². The average molecular weight is 352 g/mol. The van der Waals surface area contributed by atoms with E-state index in [0.29, 0.717) is 0 Å². The summed E-state index contributed by atoms with van der Waals surface area (Å²) in [6.07, 6.45) is 5.01. The summed E-state index contributed by atoms with van der Waals surface area (Å²) in [6.45, 7) is 0. The van der Waals surface area contributed by atoms with Gasteiger partial charge in [-0.05, 0) is 81.4 Å². The monoisotopic (exact) mass is 351 g/mol. The van der Waals surface area contributed by atoms with Gasteiger partial charge in [0.15, 0.2) is 0 Å². The van der Waals surface area contributed by atoms with E-state index in [1.165, 1.54) is 40.4 Å². The molecule has 0 bridgehead atoms. The SMILES string of the molecule is Nc1c(I)cc2c(c1Br)CCCC2. The van der Waals surface area contributed by atoms with Crippen LogP contribution in [0.4, 0.5) is 5.69 Å². The summed E-state index contributed by atoms with van der Waals surface area (Å²) < 4.78 is 2.30. The average Bonchev–Trinajstić information content (AvgIpc) is 2.15. The zero-order valence-corrected chi connectivity index (χ0v) is 11.0. The van der Waals surface area contributed by atoms with E-state index in [9.17, 15) is 0 Å². The minimum Gasteiger partial charge on any atom is -0.397 e. The van der Waals surface area contributed by atoms with Gasteiger partial charge in [-0.1, -0.05) is 0 Å². The molecule has 1 aromatic carbocycles. The standard InChI is InChI=1S/C10H11BrIN/c11-9-7-4-2-1-3-6(7)5-8(12)10(9)13/h5H,1-4,13H2. The molecule has 3 heteroatoms. The summed E-state index contributed by atoms with van der Waals surface area (Å²) >= 11 is 5.89. The Kier molecular flexibility index (Phi) is 2.83. The largest absolute Gasteiger partial charge is 0.397 e. The van der Waals surface area contributed by atoms with Gasteiger partial charge < -0.3 is 5.73 Å². The topological polar surface area (TPSA) is 26.0 Å². The van der Waals surface area contributed by atoms with Crippen LogP contribution in [0.1, 0.15) is 24.0 Å². The maximum Gasteiger partial charge on any atom is 0.0597 e. The fourth-order valence-electron chi connectivity index (χ4n) is 1.84. The highest BCUT2D eigenvalue weighted by atomic mass is 127. The molecule has 1 aliphatic rings. The van der Waals surface area contributed by atoms with Crippen LogP contribution in [-0.2, 0) is 12.8 Å². The number of fused-ring (bicyclic) bond motifs is 1. The summed E-state index contributed by atoms with van der Waals surface area (Å²) in [7, 11) is 0. The first-order valence-electron chi connectivity index (χ1n) is 4.45. The van der Waals surface area contributed by atoms with Gasteiger partial charge in [0.1, 0.15) is 0 Å². The number of hydrogen-bond acceptors (Lipinski definition) is 1. The fourth-order valence-corrected chi connectivity index (χ4v) is 3.52. The summed E-state index contributed by atoms with van der Waals surface area (Å²) in [6, 6.07) is 2.23. The molecule has 70 valence electrons. The number of hydrogen-bond donors (Lipinski definition) is 1. The Morgan fingerprint density at radius 1 is 1.31 bits per heavy atom. The molecular formula is C10H11BrIN. The minimum absolute atomic E-state index is 0.904. The summed E-state index contributed by atoms with van der Waals surface area (Å²) in [5.74, 6) is 0. The van der Waals surface area contributed by atoms with Crippen LogP contribution < -0.4 is 5.73 Å². The third-order valence-corrected chi connectivity index (χ3v) is 4.37. The lowest BCUT2D eigenvalue weighted by atomic mass is 9.91. The van der Waals surface area contributed by atoms with Gasteiger partial charge in [-0.15, -0.1) is 0 Å². The number of nitrogen functional groups attached to an aromatic ring is 1. The van der Waals surface area contributed by atoms with Gasteiger partial charge in [-0.25, -0.2) is 0 Å². The second-order valence-electron chi connectivity index (χ2n) is 3.43. The molecule has 0 amide bonds. The van der Waals surface area contributed by atoms with Crippen molar-refractivity contribution >= 4 is 44.2 Å². The smallest absolute Gasteiger partial charge is 0.0597 e. The van der Waals surface area contributed by atoms with Gasteiger partial charge in [0.05, 0.1) is 5.69 Å². The molecule has 0 spiro atoms. The van der Waals surface area contributed by atoms with Crippen molar-refractivity contribution in [1.82, 2.24) is 0 Å². The maximum atomic E-state index is 5.95. The second-order valence-corrected chi connectivity index (χ2v) is 5.39.